The molecule has 2 aliphatic rings. The molecule has 5 N–H and O–H groups in total. The number of rotatable bonds is 12. The molecule has 0 unspecified atom stereocenters. The van der Waals surface area contributed by atoms with Crippen molar-refractivity contribution in [2.75, 3.05) is 25.6 Å². The van der Waals surface area contributed by atoms with Crippen molar-refractivity contribution in [1.82, 2.24) is 19.7 Å². The number of nitrogens with one attached hydrogen (secondary N) is 1. The predicted molar refractivity (Wildman–Crippen MR) is 143 cm³/mol. The maximum atomic E-state index is 13.9. The summed E-state index contributed by atoms with van der Waals surface area (Å²) in [5, 5.41) is 38.9. The number of nitrogens with two attached hydrogens (primary N) is 1. The Labute approximate surface area is 231 Å². The molecule has 3 heterocycles. The molecule has 1 aromatic carbocycles. The van der Waals surface area contributed by atoms with Crippen LogP contribution in [0.2, 0.25) is 0 Å². The van der Waals surface area contributed by atoms with E-state index in [-0.39, 0.29) is 18.2 Å². The highest BCUT2D eigenvalue weighted by Gasteiger charge is 2.57. The van der Waals surface area contributed by atoms with Crippen LogP contribution in [0.1, 0.15) is 38.0 Å². The van der Waals surface area contributed by atoms with E-state index >= 15 is 0 Å². The number of nitriles is 1. The van der Waals surface area contributed by atoms with E-state index in [1.807, 2.05) is 6.07 Å². The Hall–Kier alpha value is -3.08. The van der Waals surface area contributed by atoms with Crippen LogP contribution in [0.4, 0.5) is 5.82 Å². The molecule has 14 heteroatoms. The average Bonchev–Trinajstić information content (AvgIpc) is 3.45. The van der Waals surface area contributed by atoms with Gasteiger partial charge in [0.05, 0.1) is 12.3 Å². The quantitative estimate of drug-likeness (QED) is 0.233. The Balaban J connectivity index is 1.32. The minimum atomic E-state index is -4.13. The summed E-state index contributed by atoms with van der Waals surface area (Å²) in [6.45, 7) is 1.98. The first-order chi connectivity index (χ1) is 19.2. The fraction of sp³-hybridized carbons (Fsp3) is 0.500. The second kappa shape index (κ2) is 11.8. The van der Waals surface area contributed by atoms with Crippen LogP contribution in [0, 0.1) is 17.2 Å². The first-order valence-electron chi connectivity index (χ1n) is 13.1. The van der Waals surface area contributed by atoms with E-state index in [0.717, 1.165) is 12.8 Å². The molecule has 1 saturated heterocycles. The van der Waals surface area contributed by atoms with Crippen LogP contribution in [0.25, 0.3) is 5.52 Å². The van der Waals surface area contributed by atoms with Crippen molar-refractivity contribution in [2.45, 2.75) is 56.1 Å². The third kappa shape index (κ3) is 5.84. The van der Waals surface area contributed by atoms with Gasteiger partial charge in [-0.3, -0.25) is 4.52 Å². The normalized spacial score (nSPS) is 27.1. The number of fused-ring (bicyclic) bond motifs is 1. The summed E-state index contributed by atoms with van der Waals surface area (Å²) >= 11 is 0. The first-order valence-corrected chi connectivity index (χ1v) is 14.7. The monoisotopic (exact) mass is 572 g/mol. The molecule has 2 fully saturated rings. The highest BCUT2D eigenvalue weighted by Crippen LogP contribution is 2.48. The van der Waals surface area contributed by atoms with E-state index in [1.54, 1.807) is 49.4 Å². The molecule has 2 aromatic heterocycles. The molecular weight excluding hydrogens is 539 g/mol. The van der Waals surface area contributed by atoms with E-state index in [1.165, 1.54) is 17.3 Å². The van der Waals surface area contributed by atoms with Gasteiger partial charge in [0.15, 0.2) is 5.82 Å². The van der Waals surface area contributed by atoms with Crippen molar-refractivity contribution in [3.63, 3.8) is 0 Å². The molecule has 0 radical (unpaired) electrons. The van der Waals surface area contributed by atoms with Crippen LogP contribution in [-0.4, -0.2) is 68.5 Å². The van der Waals surface area contributed by atoms with Crippen LogP contribution < -0.4 is 15.3 Å². The lowest BCUT2D eigenvalue weighted by atomic mass is 9.86. The molecule has 1 aliphatic heterocycles. The average molecular weight is 573 g/mol. The molecule has 6 atom stereocenters. The van der Waals surface area contributed by atoms with Crippen LogP contribution >= 0.6 is 7.75 Å². The summed E-state index contributed by atoms with van der Waals surface area (Å²) in [4.78, 5) is 3.93. The SMILES string of the molecule is C[C@@H](COCC1CCC1)N[P@](=O)(OC[C@@]1(C#N)O[C@@H](c2ccc3c(N)ncnn23)[C@H](O)[C@@H]1O)Oc1ccccc1. The number of ether oxygens (including phenoxy) is 2. The number of nitrogens with zero attached hydrogens (tertiary/aromatic N) is 4. The Morgan fingerprint density at radius 2 is 2.08 bits per heavy atom. The molecule has 40 heavy (non-hydrogen) atoms. The number of aliphatic hydroxyl groups is 2. The van der Waals surface area contributed by atoms with Gasteiger partial charge in [-0.1, -0.05) is 24.6 Å². The summed E-state index contributed by atoms with van der Waals surface area (Å²) in [6.07, 6.45) is 0.333. The van der Waals surface area contributed by atoms with Gasteiger partial charge in [0.25, 0.3) is 0 Å². The summed E-state index contributed by atoms with van der Waals surface area (Å²) in [5.74, 6) is 1.03. The van der Waals surface area contributed by atoms with Crippen LogP contribution in [-0.2, 0) is 18.6 Å². The molecule has 5 rings (SSSR count). The van der Waals surface area contributed by atoms with E-state index in [2.05, 4.69) is 15.2 Å². The number of aliphatic hydroxyl groups excluding tert-OH is 2. The lowest BCUT2D eigenvalue weighted by molar-refractivity contribution is -0.0707. The van der Waals surface area contributed by atoms with Gasteiger partial charge < -0.3 is 29.9 Å². The summed E-state index contributed by atoms with van der Waals surface area (Å²) < 4.78 is 38.5. The van der Waals surface area contributed by atoms with Crippen molar-refractivity contribution in [3.05, 3.63) is 54.5 Å². The molecule has 0 spiro atoms. The van der Waals surface area contributed by atoms with Gasteiger partial charge in [-0.2, -0.15) is 10.4 Å². The van der Waals surface area contributed by atoms with Crippen molar-refractivity contribution in [2.24, 2.45) is 5.92 Å². The molecule has 0 amide bonds. The third-order valence-electron chi connectivity index (χ3n) is 7.18. The zero-order valence-corrected chi connectivity index (χ0v) is 22.9. The van der Waals surface area contributed by atoms with Crippen LogP contribution in [0.3, 0.4) is 0 Å². The number of nitrogen functional groups attached to an aromatic ring is 1. The van der Waals surface area contributed by atoms with Crippen molar-refractivity contribution in [1.29, 1.82) is 5.26 Å². The summed E-state index contributed by atoms with van der Waals surface area (Å²) in [5.41, 5.74) is 4.63. The Morgan fingerprint density at radius 1 is 1.30 bits per heavy atom. The van der Waals surface area contributed by atoms with Crippen LogP contribution in [0.5, 0.6) is 5.75 Å². The standard InChI is InChI=1S/C26H33N6O7P/c1-17(12-36-13-18-6-5-7-18)31-40(35,39-19-8-3-2-4-9-19)37-15-26(14-27)24(34)22(33)23(38-26)20-10-11-21-25(28)29-16-30-32(20)21/h2-4,8-11,16-18,22-24,33-34H,5-7,12-13,15H2,1H3,(H,31,35)(H2,28,29,30)/t17-,22-,23-,24-,26+,40-/m0/s1. The van der Waals surface area contributed by atoms with Gasteiger partial charge >= 0.3 is 7.75 Å². The van der Waals surface area contributed by atoms with Crippen molar-refractivity contribution in [3.8, 4) is 11.8 Å². The molecule has 1 aliphatic carbocycles. The van der Waals surface area contributed by atoms with E-state index in [4.69, 9.17) is 24.3 Å². The van der Waals surface area contributed by atoms with Gasteiger partial charge in [-0.05, 0) is 49.9 Å². The van der Waals surface area contributed by atoms with Gasteiger partial charge in [0, 0.05) is 12.6 Å². The fourth-order valence-electron chi connectivity index (χ4n) is 4.74. The summed E-state index contributed by atoms with van der Waals surface area (Å²) in [6, 6.07) is 13.1. The van der Waals surface area contributed by atoms with E-state index in [0.29, 0.717) is 23.7 Å². The topological polar surface area (TPSA) is 186 Å². The van der Waals surface area contributed by atoms with E-state index in [9.17, 15) is 20.0 Å². The molecule has 13 nitrogen and oxygen atoms in total. The molecule has 214 valence electrons. The zero-order valence-electron chi connectivity index (χ0n) is 22.0. The molecule has 0 bridgehead atoms. The first kappa shape index (κ1) is 28.4. The second-order valence-corrected chi connectivity index (χ2v) is 11.9. The number of benzene rings is 1. The molecule has 3 aromatic rings. The largest absolute Gasteiger partial charge is 0.459 e. The predicted octanol–water partition coefficient (Wildman–Crippen LogP) is 2.37. The van der Waals surface area contributed by atoms with Gasteiger partial charge in [-0.25, -0.2) is 19.2 Å². The van der Waals surface area contributed by atoms with Crippen molar-refractivity contribution < 1.29 is 33.3 Å². The number of hydrogen-bond donors (Lipinski definition) is 4. The Morgan fingerprint density at radius 3 is 2.77 bits per heavy atom. The lowest BCUT2D eigenvalue weighted by Gasteiger charge is -2.29. The number of anilines is 1. The van der Waals surface area contributed by atoms with Gasteiger partial charge in [0.2, 0.25) is 5.60 Å². The maximum Gasteiger partial charge on any atom is 0.459 e. The smallest absolute Gasteiger partial charge is 0.413 e. The minimum Gasteiger partial charge on any atom is -0.413 e. The van der Waals surface area contributed by atoms with Gasteiger partial charge in [0.1, 0.15) is 48.6 Å². The highest BCUT2D eigenvalue weighted by atomic mass is 31.2. The Kier molecular flexibility index (Phi) is 8.39. The maximum absolute atomic E-state index is 13.9. The van der Waals surface area contributed by atoms with Crippen molar-refractivity contribution >= 4 is 19.1 Å². The highest BCUT2D eigenvalue weighted by molar-refractivity contribution is 7.52. The Bertz CT molecular complexity index is 1400. The second-order valence-electron chi connectivity index (χ2n) is 10.2. The fourth-order valence-corrected chi connectivity index (χ4v) is 6.30. The third-order valence-corrected chi connectivity index (χ3v) is 8.86. The number of hydrogen-bond acceptors (Lipinski definition) is 11. The van der Waals surface area contributed by atoms with E-state index < -0.39 is 44.3 Å². The number of para-hydroxylation sites is 1. The molecular formula is C26H33N6O7P. The van der Waals surface area contributed by atoms with Gasteiger partial charge in [-0.15, -0.1) is 0 Å². The minimum absolute atomic E-state index is 0.208. The zero-order chi connectivity index (χ0) is 28.3. The molecule has 1 saturated carbocycles. The number of aromatic nitrogens is 3. The van der Waals surface area contributed by atoms with Crippen LogP contribution in [0.15, 0.2) is 48.8 Å². The lowest BCUT2D eigenvalue weighted by Crippen LogP contribution is -2.46. The summed E-state index contributed by atoms with van der Waals surface area (Å²) in [7, 11) is -4.13.